The second-order valence-corrected chi connectivity index (χ2v) is 3.19. The predicted octanol–water partition coefficient (Wildman–Crippen LogP) is 3.16. The van der Waals surface area contributed by atoms with Gasteiger partial charge in [0.1, 0.15) is 5.75 Å². The van der Waals surface area contributed by atoms with Gasteiger partial charge in [0.2, 0.25) is 0 Å². The Balaban J connectivity index is 2.54. The molecule has 0 amide bonds. The molecule has 0 aliphatic carbocycles. The average Bonchev–Trinajstić information content (AvgIpc) is 2.09. The monoisotopic (exact) mass is 264 g/mol. The lowest BCUT2D eigenvalue weighted by Crippen LogP contribution is -2.08. The summed E-state index contributed by atoms with van der Waals surface area (Å²) in [6.45, 7) is 0. The van der Waals surface area contributed by atoms with Gasteiger partial charge in [-0.15, -0.1) is 0 Å². The molecule has 0 heterocycles. The first-order chi connectivity index (χ1) is 6.22. The fourth-order valence-electron chi connectivity index (χ4n) is 0.673. The van der Waals surface area contributed by atoms with Crippen molar-refractivity contribution in [2.75, 3.05) is 6.07 Å². The molecule has 0 N–H and O–H groups in total. The maximum Gasteiger partial charge on any atom is 0.515 e. The Bertz CT molecular complexity index is 286. The van der Waals surface area contributed by atoms with Crippen molar-refractivity contribution in [1.82, 2.24) is 0 Å². The highest BCUT2D eigenvalue weighted by Crippen LogP contribution is 2.16. The molecule has 1 rings (SSSR count). The van der Waals surface area contributed by atoms with Gasteiger partial charge in [0.15, 0.2) is 6.07 Å². The first kappa shape index (κ1) is 10.3. The summed E-state index contributed by atoms with van der Waals surface area (Å²) in [5.41, 5.74) is 0. The van der Waals surface area contributed by atoms with Gasteiger partial charge in [-0.05, 0) is 24.3 Å². The summed E-state index contributed by atoms with van der Waals surface area (Å²) in [6, 6.07) is 6.57. The molecule has 0 saturated heterocycles. The Kier molecular flexibility index (Phi) is 4.05. The van der Waals surface area contributed by atoms with Crippen LogP contribution < -0.4 is 4.74 Å². The highest BCUT2D eigenvalue weighted by atomic mass is 79.9. The van der Waals surface area contributed by atoms with Crippen molar-refractivity contribution in [3.05, 3.63) is 28.7 Å². The summed E-state index contributed by atoms with van der Waals surface area (Å²) in [5.74, 6) is 0.415. The van der Waals surface area contributed by atoms with Crippen molar-refractivity contribution >= 4 is 33.7 Å². The zero-order valence-electron chi connectivity index (χ0n) is 6.50. The molecule has 0 bridgehead atoms. The SMILES string of the molecule is O=C(OCCl)Oc1ccc(Br)cc1. The number of rotatable bonds is 2. The molecule has 0 aromatic heterocycles. The summed E-state index contributed by atoms with van der Waals surface area (Å²) in [4.78, 5) is 10.8. The molecule has 0 radical (unpaired) electrons. The number of ether oxygens (including phenoxy) is 2. The second kappa shape index (κ2) is 5.09. The summed E-state index contributed by atoms with van der Waals surface area (Å²) >= 11 is 8.41. The van der Waals surface area contributed by atoms with Crippen LogP contribution in [0.5, 0.6) is 5.75 Å². The van der Waals surface area contributed by atoms with Crippen LogP contribution in [0.2, 0.25) is 0 Å². The Hall–Kier alpha value is -0.740. The van der Waals surface area contributed by atoms with Gasteiger partial charge in [-0.25, -0.2) is 4.79 Å². The third-order valence-corrected chi connectivity index (χ3v) is 1.83. The molecule has 5 heteroatoms. The van der Waals surface area contributed by atoms with Gasteiger partial charge in [-0.1, -0.05) is 27.5 Å². The van der Waals surface area contributed by atoms with E-state index in [1.165, 1.54) is 0 Å². The van der Waals surface area contributed by atoms with E-state index in [0.29, 0.717) is 5.75 Å². The van der Waals surface area contributed by atoms with E-state index in [1.54, 1.807) is 24.3 Å². The van der Waals surface area contributed by atoms with Gasteiger partial charge in [0, 0.05) is 4.47 Å². The molecular weight excluding hydrogens is 259 g/mol. The molecule has 1 aromatic carbocycles. The van der Waals surface area contributed by atoms with Crippen LogP contribution in [0, 0.1) is 0 Å². The molecule has 0 unspecified atom stereocenters. The van der Waals surface area contributed by atoms with E-state index < -0.39 is 6.16 Å². The van der Waals surface area contributed by atoms with Crippen molar-refractivity contribution in [2.24, 2.45) is 0 Å². The number of hydrogen-bond acceptors (Lipinski definition) is 3. The highest BCUT2D eigenvalue weighted by molar-refractivity contribution is 9.10. The Morgan fingerprint density at radius 3 is 2.54 bits per heavy atom. The summed E-state index contributed by atoms with van der Waals surface area (Å²) in [5, 5.41) is 0. The number of halogens is 2. The van der Waals surface area contributed by atoms with Crippen molar-refractivity contribution in [3.63, 3.8) is 0 Å². The van der Waals surface area contributed by atoms with Gasteiger partial charge >= 0.3 is 6.16 Å². The first-order valence-electron chi connectivity index (χ1n) is 3.38. The molecule has 0 aliphatic heterocycles. The Morgan fingerprint density at radius 1 is 1.38 bits per heavy atom. The highest BCUT2D eigenvalue weighted by Gasteiger charge is 2.03. The summed E-state index contributed by atoms with van der Waals surface area (Å²) in [7, 11) is 0. The lowest BCUT2D eigenvalue weighted by molar-refractivity contribution is 0.115. The zero-order valence-corrected chi connectivity index (χ0v) is 8.84. The molecule has 0 spiro atoms. The quantitative estimate of drug-likeness (QED) is 0.468. The fraction of sp³-hybridized carbons (Fsp3) is 0.125. The molecular formula is C8H6BrClO3. The van der Waals surface area contributed by atoms with Gasteiger partial charge < -0.3 is 9.47 Å². The van der Waals surface area contributed by atoms with Crippen molar-refractivity contribution < 1.29 is 14.3 Å². The van der Waals surface area contributed by atoms with Crippen LogP contribution in [0.15, 0.2) is 28.7 Å². The van der Waals surface area contributed by atoms with E-state index in [2.05, 4.69) is 20.7 Å². The molecule has 1 aromatic rings. The van der Waals surface area contributed by atoms with Crippen molar-refractivity contribution in [3.8, 4) is 5.75 Å². The molecule has 70 valence electrons. The molecule has 0 atom stereocenters. The van der Waals surface area contributed by atoms with Crippen LogP contribution in [-0.2, 0) is 4.74 Å². The van der Waals surface area contributed by atoms with E-state index in [0.717, 1.165) is 4.47 Å². The lowest BCUT2D eigenvalue weighted by atomic mass is 10.3. The maximum atomic E-state index is 10.8. The Labute approximate surface area is 88.7 Å². The standard InChI is InChI=1S/C8H6BrClO3/c9-6-1-3-7(4-2-6)13-8(11)12-5-10/h1-4H,5H2. The van der Waals surface area contributed by atoms with Gasteiger partial charge in [0.05, 0.1) is 0 Å². The fourth-order valence-corrected chi connectivity index (χ4v) is 1.03. The lowest BCUT2D eigenvalue weighted by Gasteiger charge is -2.02. The smallest absolute Gasteiger partial charge is 0.418 e. The minimum atomic E-state index is -0.808. The molecule has 13 heavy (non-hydrogen) atoms. The van der Waals surface area contributed by atoms with Crippen LogP contribution in [-0.4, -0.2) is 12.2 Å². The average molecular weight is 265 g/mol. The molecule has 3 nitrogen and oxygen atoms in total. The number of benzene rings is 1. The predicted molar refractivity (Wildman–Crippen MR) is 52.0 cm³/mol. The summed E-state index contributed by atoms with van der Waals surface area (Å²) in [6.07, 6.45) is -0.808. The first-order valence-corrected chi connectivity index (χ1v) is 4.71. The topological polar surface area (TPSA) is 35.5 Å². The number of hydrogen-bond donors (Lipinski definition) is 0. The van der Waals surface area contributed by atoms with Gasteiger partial charge in [-0.2, -0.15) is 0 Å². The minimum absolute atomic E-state index is 0.213. The van der Waals surface area contributed by atoms with E-state index in [-0.39, 0.29) is 6.07 Å². The van der Waals surface area contributed by atoms with Crippen LogP contribution >= 0.6 is 27.5 Å². The number of alkyl halides is 1. The second-order valence-electron chi connectivity index (χ2n) is 2.06. The third kappa shape index (κ3) is 3.65. The molecule has 0 saturated carbocycles. The molecule has 0 aliphatic rings. The van der Waals surface area contributed by atoms with Crippen LogP contribution in [0.4, 0.5) is 4.79 Å². The van der Waals surface area contributed by atoms with Crippen molar-refractivity contribution in [2.45, 2.75) is 0 Å². The Morgan fingerprint density at radius 2 is 2.00 bits per heavy atom. The van der Waals surface area contributed by atoms with Gasteiger partial charge in [-0.3, -0.25) is 0 Å². The van der Waals surface area contributed by atoms with E-state index in [9.17, 15) is 4.79 Å². The van der Waals surface area contributed by atoms with Crippen LogP contribution in [0.3, 0.4) is 0 Å². The third-order valence-electron chi connectivity index (χ3n) is 1.19. The summed E-state index contributed by atoms with van der Waals surface area (Å²) < 4.78 is 10.0. The van der Waals surface area contributed by atoms with Crippen molar-refractivity contribution in [1.29, 1.82) is 0 Å². The van der Waals surface area contributed by atoms with E-state index in [4.69, 9.17) is 16.3 Å². The normalized spacial score (nSPS) is 9.38. The number of carbonyl (C=O) groups is 1. The zero-order chi connectivity index (χ0) is 9.68. The van der Waals surface area contributed by atoms with Crippen LogP contribution in [0.1, 0.15) is 0 Å². The minimum Gasteiger partial charge on any atom is -0.418 e. The number of carbonyl (C=O) groups excluding carboxylic acids is 1. The largest absolute Gasteiger partial charge is 0.515 e. The van der Waals surface area contributed by atoms with E-state index >= 15 is 0 Å². The van der Waals surface area contributed by atoms with E-state index in [1.807, 2.05) is 0 Å². The maximum absolute atomic E-state index is 10.8. The van der Waals surface area contributed by atoms with Crippen LogP contribution in [0.25, 0.3) is 0 Å². The van der Waals surface area contributed by atoms with Gasteiger partial charge in [0.25, 0.3) is 0 Å². The molecule has 0 fully saturated rings.